The van der Waals surface area contributed by atoms with Gasteiger partial charge in [-0.15, -0.1) is 0 Å². The fourth-order valence-electron chi connectivity index (χ4n) is 2.83. The number of carboxylic acids is 1. The Bertz CT molecular complexity index is 962. The number of aliphatic carboxylic acids is 1. The second kappa shape index (κ2) is 6.69. The molecule has 0 aliphatic carbocycles. The highest BCUT2D eigenvalue weighted by Gasteiger charge is 2.32. The summed E-state index contributed by atoms with van der Waals surface area (Å²) < 4.78 is 0. The van der Waals surface area contributed by atoms with Crippen molar-refractivity contribution in [2.45, 2.75) is 25.7 Å². The highest BCUT2D eigenvalue weighted by Crippen LogP contribution is 2.30. The number of nitrogens with zero attached hydrogens (tertiary/aromatic N) is 1. The molecule has 0 aliphatic rings. The van der Waals surface area contributed by atoms with Gasteiger partial charge in [0.2, 0.25) is 0 Å². The van der Waals surface area contributed by atoms with E-state index in [1.165, 1.54) is 6.20 Å². The van der Waals surface area contributed by atoms with Crippen molar-refractivity contribution >= 4 is 34.3 Å². The zero-order valence-corrected chi connectivity index (χ0v) is 14.5. The number of H-pyrrole nitrogens is 1. The zero-order valence-electron chi connectivity index (χ0n) is 13.8. The van der Waals surface area contributed by atoms with Gasteiger partial charge in [0.05, 0.1) is 0 Å². The van der Waals surface area contributed by atoms with E-state index in [4.69, 9.17) is 11.6 Å². The largest absolute Gasteiger partial charge is 0.480 e. The summed E-state index contributed by atoms with van der Waals surface area (Å²) in [4.78, 5) is 31.8. The van der Waals surface area contributed by atoms with Crippen molar-refractivity contribution < 1.29 is 14.7 Å². The number of carbonyl (C=O) groups excluding carboxylic acids is 1. The van der Waals surface area contributed by atoms with Gasteiger partial charge in [-0.3, -0.25) is 14.6 Å². The van der Waals surface area contributed by atoms with Crippen LogP contribution in [-0.4, -0.2) is 26.8 Å². The van der Waals surface area contributed by atoms with Crippen molar-refractivity contribution in [2.24, 2.45) is 0 Å². The minimum atomic E-state index is -1.35. The summed E-state index contributed by atoms with van der Waals surface area (Å²) in [6, 6.07) is 8.59. The molecule has 2 heterocycles. The number of rotatable bonds is 5. The number of aromatic nitrogens is 2. The van der Waals surface area contributed by atoms with Crippen molar-refractivity contribution in [3.63, 3.8) is 0 Å². The number of ketones is 1. The molecule has 25 heavy (non-hydrogen) atoms. The molecule has 0 radical (unpaired) electrons. The van der Waals surface area contributed by atoms with Crippen LogP contribution in [0.1, 0.15) is 47.3 Å². The molecule has 2 N–H and O–H groups in total. The van der Waals surface area contributed by atoms with Crippen LogP contribution in [0, 0.1) is 0 Å². The van der Waals surface area contributed by atoms with E-state index in [0.717, 1.165) is 11.1 Å². The number of carbonyl (C=O) groups is 2. The topological polar surface area (TPSA) is 83.1 Å². The zero-order chi connectivity index (χ0) is 18.1. The summed E-state index contributed by atoms with van der Waals surface area (Å²) in [5, 5.41) is 10.8. The summed E-state index contributed by atoms with van der Waals surface area (Å²) in [5.41, 5.74) is 2.19. The summed E-state index contributed by atoms with van der Waals surface area (Å²) in [5.74, 6) is -2.90. The lowest BCUT2D eigenvalue weighted by molar-refractivity contribution is -0.137. The highest BCUT2D eigenvalue weighted by molar-refractivity contribution is 6.31. The lowest BCUT2D eigenvalue weighted by Crippen LogP contribution is -2.22. The van der Waals surface area contributed by atoms with E-state index in [2.05, 4.69) is 9.97 Å². The van der Waals surface area contributed by atoms with Crippen LogP contribution in [0.5, 0.6) is 0 Å². The average Bonchev–Trinajstić information content (AvgIpc) is 2.97. The van der Waals surface area contributed by atoms with E-state index >= 15 is 0 Å². The average molecular weight is 357 g/mol. The number of halogens is 1. The van der Waals surface area contributed by atoms with Crippen molar-refractivity contribution in [2.75, 3.05) is 0 Å². The molecule has 3 aromatic rings. The van der Waals surface area contributed by atoms with E-state index in [0.29, 0.717) is 16.0 Å². The Labute approximate surface area is 149 Å². The van der Waals surface area contributed by atoms with Gasteiger partial charge >= 0.3 is 5.97 Å². The van der Waals surface area contributed by atoms with Gasteiger partial charge < -0.3 is 10.1 Å². The molecular formula is C19H17ClN2O3. The van der Waals surface area contributed by atoms with Gasteiger partial charge in [-0.1, -0.05) is 25.4 Å². The van der Waals surface area contributed by atoms with Gasteiger partial charge in [0.15, 0.2) is 5.78 Å². The SMILES string of the molecule is CC(C)c1ccnc(C(=O)C(C(=O)O)c2c[nH]c3ccc(Cl)cc23)c1. The smallest absolute Gasteiger partial charge is 0.319 e. The number of Topliss-reactive ketones (excluding diaryl/α,β-unsaturated/α-hetero) is 1. The Hall–Kier alpha value is -2.66. The van der Waals surface area contributed by atoms with Gasteiger partial charge in [0, 0.05) is 28.3 Å². The molecule has 0 aliphatic heterocycles. The third-order valence-electron chi connectivity index (χ3n) is 4.20. The highest BCUT2D eigenvalue weighted by atomic mass is 35.5. The van der Waals surface area contributed by atoms with Gasteiger partial charge in [0.1, 0.15) is 11.6 Å². The van der Waals surface area contributed by atoms with Crippen LogP contribution in [0.4, 0.5) is 0 Å². The van der Waals surface area contributed by atoms with Crippen molar-refractivity contribution in [1.82, 2.24) is 9.97 Å². The van der Waals surface area contributed by atoms with Crippen LogP contribution in [0.25, 0.3) is 10.9 Å². The summed E-state index contributed by atoms with van der Waals surface area (Å²) in [7, 11) is 0. The van der Waals surface area contributed by atoms with Crippen LogP contribution in [0.15, 0.2) is 42.7 Å². The minimum absolute atomic E-state index is 0.148. The molecule has 1 aromatic carbocycles. The molecular weight excluding hydrogens is 340 g/mol. The number of hydrogen-bond donors (Lipinski definition) is 2. The Balaban J connectivity index is 2.09. The Morgan fingerprint density at radius 2 is 1.96 bits per heavy atom. The van der Waals surface area contributed by atoms with Gasteiger partial charge in [-0.25, -0.2) is 0 Å². The quantitative estimate of drug-likeness (QED) is 0.524. The first kappa shape index (κ1) is 17.2. The first-order valence-electron chi connectivity index (χ1n) is 7.88. The molecule has 6 heteroatoms. The monoisotopic (exact) mass is 356 g/mol. The molecule has 0 fully saturated rings. The van der Waals surface area contributed by atoms with Gasteiger partial charge in [-0.2, -0.15) is 0 Å². The molecule has 3 rings (SSSR count). The number of fused-ring (bicyclic) bond motifs is 1. The third kappa shape index (κ3) is 3.28. The summed E-state index contributed by atoms with van der Waals surface area (Å²) in [6.07, 6.45) is 3.08. The first-order chi connectivity index (χ1) is 11.9. The first-order valence-corrected chi connectivity index (χ1v) is 8.25. The number of pyridine rings is 1. The molecule has 0 saturated heterocycles. The molecule has 0 bridgehead atoms. The standard InChI is InChI=1S/C19H17ClN2O3/c1-10(2)11-5-6-21-16(7-11)18(23)17(19(24)25)14-9-22-15-4-3-12(20)8-13(14)15/h3-10,17,22H,1-2H3,(H,24,25). The summed E-state index contributed by atoms with van der Waals surface area (Å²) >= 11 is 6.03. The Kier molecular flexibility index (Phi) is 4.59. The molecule has 1 unspecified atom stereocenters. The number of benzene rings is 1. The van der Waals surface area contributed by atoms with Gasteiger partial charge in [0.25, 0.3) is 0 Å². The number of aromatic amines is 1. The molecule has 2 aromatic heterocycles. The second-order valence-corrected chi connectivity index (χ2v) is 6.63. The van der Waals surface area contributed by atoms with E-state index in [1.807, 2.05) is 19.9 Å². The molecule has 1 atom stereocenters. The Morgan fingerprint density at radius 3 is 2.64 bits per heavy atom. The molecule has 5 nitrogen and oxygen atoms in total. The van der Waals surface area contributed by atoms with Crippen molar-refractivity contribution in [3.05, 3.63) is 64.6 Å². The lowest BCUT2D eigenvalue weighted by Gasteiger charge is -2.12. The molecule has 128 valence electrons. The molecule has 0 saturated carbocycles. The van der Waals surface area contributed by atoms with Crippen LogP contribution < -0.4 is 0 Å². The van der Waals surface area contributed by atoms with Crippen LogP contribution >= 0.6 is 11.6 Å². The predicted octanol–water partition coefficient (Wildman–Crippen LogP) is 4.39. The maximum absolute atomic E-state index is 12.9. The fourth-order valence-corrected chi connectivity index (χ4v) is 3.00. The molecule has 0 amide bonds. The van der Waals surface area contributed by atoms with E-state index < -0.39 is 17.7 Å². The Morgan fingerprint density at radius 1 is 1.20 bits per heavy atom. The third-order valence-corrected chi connectivity index (χ3v) is 4.43. The normalized spacial score (nSPS) is 12.5. The summed E-state index contributed by atoms with van der Waals surface area (Å²) in [6.45, 7) is 4.00. The predicted molar refractivity (Wildman–Crippen MR) is 96.3 cm³/mol. The molecule has 0 spiro atoms. The van der Waals surface area contributed by atoms with Crippen molar-refractivity contribution in [3.8, 4) is 0 Å². The maximum Gasteiger partial charge on any atom is 0.319 e. The van der Waals surface area contributed by atoms with E-state index in [1.54, 1.807) is 30.5 Å². The minimum Gasteiger partial charge on any atom is -0.480 e. The fraction of sp³-hybridized carbons (Fsp3) is 0.211. The maximum atomic E-state index is 12.9. The van der Waals surface area contributed by atoms with Crippen LogP contribution in [-0.2, 0) is 4.79 Å². The number of carboxylic acid groups (broad SMARTS) is 1. The van der Waals surface area contributed by atoms with Crippen LogP contribution in [0.2, 0.25) is 5.02 Å². The van der Waals surface area contributed by atoms with E-state index in [-0.39, 0.29) is 11.6 Å². The second-order valence-electron chi connectivity index (χ2n) is 6.20. The van der Waals surface area contributed by atoms with Crippen LogP contribution in [0.3, 0.4) is 0 Å². The van der Waals surface area contributed by atoms with Gasteiger partial charge in [-0.05, 0) is 47.4 Å². The van der Waals surface area contributed by atoms with E-state index in [9.17, 15) is 14.7 Å². The lowest BCUT2D eigenvalue weighted by atomic mass is 9.91. The number of hydrogen-bond acceptors (Lipinski definition) is 3. The van der Waals surface area contributed by atoms with Crippen molar-refractivity contribution in [1.29, 1.82) is 0 Å². The number of nitrogens with one attached hydrogen (secondary N) is 1.